The first-order chi connectivity index (χ1) is 6.86. The third-order valence-electron chi connectivity index (χ3n) is 2.05. The van der Waals surface area contributed by atoms with E-state index in [9.17, 15) is 19.7 Å². The van der Waals surface area contributed by atoms with E-state index in [0.29, 0.717) is 0 Å². The number of primary amides is 1. The lowest BCUT2D eigenvalue weighted by atomic mass is 10.1. The third kappa shape index (κ3) is 1.71. The average molecular weight is 211 g/mol. The zero-order valence-electron chi connectivity index (χ0n) is 8.18. The maximum absolute atomic E-state index is 11.4. The van der Waals surface area contributed by atoms with E-state index in [-0.39, 0.29) is 16.8 Å². The largest absolute Gasteiger partial charge is 0.365 e. The Morgan fingerprint density at radius 1 is 1.60 bits per heavy atom. The Kier molecular flexibility index (Phi) is 2.56. The predicted octanol–water partition coefficient (Wildman–Crippen LogP) is -0.299. The van der Waals surface area contributed by atoms with E-state index in [1.807, 2.05) is 0 Å². The molecule has 7 heteroatoms. The average Bonchev–Trinajstić information content (AvgIpc) is 2.10. The highest BCUT2D eigenvalue weighted by atomic mass is 16.6. The number of aryl methyl sites for hydroxylation is 1. The molecule has 1 rings (SSSR count). The number of nitro groups is 1. The second-order valence-electron chi connectivity index (χ2n) is 3.05. The molecule has 0 bridgehead atoms. The summed E-state index contributed by atoms with van der Waals surface area (Å²) in [6.45, 7) is 1.32. The molecule has 1 heterocycles. The smallest absolute Gasteiger partial charge is 0.289 e. The van der Waals surface area contributed by atoms with Crippen molar-refractivity contribution in [2.24, 2.45) is 12.8 Å². The number of nitrogens with zero attached hydrogens (tertiary/aromatic N) is 2. The van der Waals surface area contributed by atoms with Crippen LogP contribution in [0.2, 0.25) is 0 Å². The number of aromatic nitrogens is 1. The molecule has 0 spiro atoms. The Morgan fingerprint density at radius 2 is 2.13 bits per heavy atom. The molecule has 0 aliphatic carbocycles. The van der Waals surface area contributed by atoms with Crippen LogP contribution in [0.1, 0.15) is 15.9 Å². The molecule has 0 radical (unpaired) electrons. The van der Waals surface area contributed by atoms with Gasteiger partial charge in [-0.15, -0.1) is 0 Å². The fourth-order valence-electron chi connectivity index (χ4n) is 1.28. The summed E-state index contributed by atoms with van der Waals surface area (Å²) in [6.07, 6.45) is 1.06. The van der Waals surface area contributed by atoms with Gasteiger partial charge in [-0.3, -0.25) is 19.7 Å². The standard InChI is InChI=1S/C8H9N3O4/c1-4-5(11(14)15)3-10(2)8(13)6(4)7(9)12/h3H,1-2H3,(H2,9,12). The summed E-state index contributed by atoms with van der Waals surface area (Å²) in [5.74, 6) is -0.961. The van der Waals surface area contributed by atoms with Gasteiger partial charge < -0.3 is 10.3 Å². The minimum Gasteiger partial charge on any atom is -0.365 e. The van der Waals surface area contributed by atoms with Crippen molar-refractivity contribution < 1.29 is 9.72 Å². The predicted molar refractivity (Wildman–Crippen MR) is 51.6 cm³/mol. The second-order valence-corrected chi connectivity index (χ2v) is 3.05. The van der Waals surface area contributed by atoms with Crippen LogP contribution < -0.4 is 11.3 Å². The van der Waals surface area contributed by atoms with Crippen LogP contribution in [0.3, 0.4) is 0 Å². The summed E-state index contributed by atoms with van der Waals surface area (Å²) in [5, 5.41) is 10.6. The monoisotopic (exact) mass is 211 g/mol. The summed E-state index contributed by atoms with van der Waals surface area (Å²) in [5.41, 5.74) is 3.70. The van der Waals surface area contributed by atoms with Crippen LogP contribution in [0.4, 0.5) is 5.69 Å². The van der Waals surface area contributed by atoms with Gasteiger partial charge in [0.15, 0.2) is 0 Å². The lowest BCUT2D eigenvalue weighted by molar-refractivity contribution is -0.385. The van der Waals surface area contributed by atoms with Gasteiger partial charge in [0.1, 0.15) is 5.56 Å². The number of nitrogens with two attached hydrogens (primary N) is 1. The molecule has 0 saturated carbocycles. The lowest BCUT2D eigenvalue weighted by Gasteiger charge is -2.04. The molecule has 0 unspecified atom stereocenters. The molecule has 2 N–H and O–H groups in total. The Balaban J connectivity index is 3.72. The molecule has 7 nitrogen and oxygen atoms in total. The van der Waals surface area contributed by atoms with Crippen molar-refractivity contribution >= 4 is 11.6 Å². The molecular formula is C8H9N3O4. The van der Waals surface area contributed by atoms with Gasteiger partial charge in [0.2, 0.25) is 0 Å². The van der Waals surface area contributed by atoms with Crippen molar-refractivity contribution in [3.63, 3.8) is 0 Å². The molecule has 80 valence electrons. The van der Waals surface area contributed by atoms with E-state index >= 15 is 0 Å². The molecule has 0 fully saturated rings. The number of carbonyl (C=O) groups is 1. The highest BCUT2D eigenvalue weighted by molar-refractivity contribution is 5.94. The van der Waals surface area contributed by atoms with Crippen molar-refractivity contribution in [3.8, 4) is 0 Å². The quantitative estimate of drug-likeness (QED) is 0.535. The molecule has 1 aromatic heterocycles. The Morgan fingerprint density at radius 3 is 2.53 bits per heavy atom. The Bertz CT molecular complexity index is 503. The van der Waals surface area contributed by atoms with Crippen molar-refractivity contribution in [2.75, 3.05) is 0 Å². The number of hydrogen-bond donors (Lipinski definition) is 1. The first kappa shape index (κ1) is 10.9. The Labute approximate surface area is 84.3 Å². The van der Waals surface area contributed by atoms with Gasteiger partial charge >= 0.3 is 0 Å². The summed E-state index contributed by atoms with van der Waals surface area (Å²) in [7, 11) is 1.32. The van der Waals surface area contributed by atoms with Gasteiger partial charge in [-0.2, -0.15) is 0 Å². The maximum Gasteiger partial charge on any atom is 0.289 e. The maximum atomic E-state index is 11.4. The van der Waals surface area contributed by atoms with Crippen LogP contribution in [0, 0.1) is 17.0 Å². The zero-order valence-corrected chi connectivity index (χ0v) is 8.18. The fraction of sp³-hybridized carbons (Fsp3) is 0.250. The molecule has 1 aromatic rings. The van der Waals surface area contributed by atoms with Crippen molar-refractivity contribution in [1.82, 2.24) is 4.57 Å². The number of pyridine rings is 1. The molecule has 0 aliphatic heterocycles. The minimum atomic E-state index is -0.961. The minimum absolute atomic E-state index is 0.00407. The number of hydrogen-bond acceptors (Lipinski definition) is 4. The SMILES string of the molecule is Cc1c([N+](=O)[O-])cn(C)c(=O)c1C(N)=O. The van der Waals surface area contributed by atoms with Crippen LogP contribution in [-0.4, -0.2) is 15.4 Å². The first-order valence-electron chi connectivity index (χ1n) is 4.00. The molecule has 0 aromatic carbocycles. The van der Waals surface area contributed by atoms with E-state index in [4.69, 9.17) is 5.73 Å². The van der Waals surface area contributed by atoms with E-state index in [2.05, 4.69) is 0 Å². The van der Waals surface area contributed by atoms with Crippen molar-refractivity contribution in [1.29, 1.82) is 0 Å². The van der Waals surface area contributed by atoms with Gasteiger partial charge in [0.05, 0.1) is 11.1 Å². The number of amides is 1. The van der Waals surface area contributed by atoms with Crippen LogP contribution >= 0.6 is 0 Å². The van der Waals surface area contributed by atoms with Crippen molar-refractivity contribution in [3.05, 3.63) is 37.8 Å². The summed E-state index contributed by atoms with van der Waals surface area (Å²) in [6, 6.07) is 0. The van der Waals surface area contributed by atoms with Crippen LogP contribution in [-0.2, 0) is 7.05 Å². The lowest BCUT2D eigenvalue weighted by Crippen LogP contribution is -2.29. The molecular weight excluding hydrogens is 202 g/mol. The normalized spacial score (nSPS) is 10.0. The molecule has 15 heavy (non-hydrogen) atoms. The number of carbonyl (C=O) groups excluding carboxylic acids is 1. The summed E-state index contributed by atoms with van der Waals surface area (Å²) in [4.78, 5) is 32.3. The highest BCUT2D eigenvalue weighted by Crippen LogP contribution is 2.17. The topological polar surface area (TPSA) is 108 Å². The van der Waals surface area contributed by atoms with E-state index in [1.165, 1.54) is 14.0 Å². The van der Waals surface area contributed by atoms with Gasteiger partial charge in [-0.05, 0) is 6.92 Å². The molecule has 0 atom stereocenters. The van der Waals surface area contributed by atoms with Crippen LogP contribution in [0.5, 0.6) is 0 Å². The van der Waals surface area contributed by atoms with Crippen molar-refractivity contribution in [2.45, 2.75) is 6.92 Å². The zero-order chi connectivity index (χ0) is 11.7. The van der Waals surface area contributed by atoms with E-state index < -0.39 is 16.4 Å². The first-order valence-corrected chi connectivity index (χ1v) is 4.00. The van der Waals surface area contributed by atoms with Gasteiger partial charge in [0, 0.05) is 12.6 Å². The van der Waals surface area contributed by atoms with Crippen LogP contribution in [0.15, 0.2) is 11.0 Å². The number of rotatable bonds is 2. The van der Waals surface area contributed by atoms with E-state index in [0.717, 1.165) is 10.8 Å². The molecule has 0 saturated heterocycles. The highest BCUT2D eigenvalue weighted by Gasteiger charge is 2.21. The second kappa shape index (κ2) is 3.52. The molecule has 1 amide bonds. The van der Waals surface area contributed by atoms with Gasteiger partial charge in [-0.1, -0.05) is 0 Å². The van der Waals surface area contributed by atoms with Gasteiger partial charge in [-0.25, -0.2) is 0 Å². The van der Waals surface area contributed by atoms with Crippen LogP contribution in [0.25, 0.3) is 0 Å². The fourth-order valence-corrected chi connectivity index (χ4v) is 1.28. The third-order valence-corrected chi connectivity index (χ3v) is 2.05. The molecule has 0 aliphatic rings. The Hall–Kier alpha value is -2.18. The van der Waals surface area contributed by atoms with Gasteiger partial charge in [0.25, 0.3) is 17.2 Å². The summed E-state index contributed by atoms with van der Waals surface area (Å²) >= 11 is 0. The van der Waals surface area contributed by atoms with E-state index in [1.54, 1.807) is 0 Å². The summed E-state index contributed by atoms with van der Waals surface area (Å²) < 4.78 is 0.964.